The zero-order valence-corrected chi connectivity index (χ0v) is 15.7. The highest BCUT2D eigenvalue weighted by molar-refractivity contribution is 8.00. The fourth-order valence-electron chi connectivity index (χ4n) is 2.86. The van der Waals surface area contributed by atoms with E-state index >= 15 is 0 Å². The van der Waals surface area contributed by atoms with Crippen LogP contribution in [0.15, 0.2) is 41.6 Å². The molecule has 0 aromatic heterocycles. The predicted octanol–water partition coefficient (Wildman–Crippen LogP) is 0.367. The van der Waals surface area contributed by atoms with Crippen LogP contribution in [-0.2, 0) is 23.9 Å². The second-order valence-corrected chi connectivity index (χ2v) is 7.20. The molecule has 1 aromatic carbocycles. The molecule has 2 heterocycles. The molecule has 1 unspecified atom stereocenters. The number of carboxylic acids is 1. The number of para-hydroxylation sites is 1. The molecule has 0 saturated carbocycles. The first-order chi connectivity index (χ1) is 13.4. The molecule has 2 atom stereocenters. The molecule has 1 saturated heterocycles. The van der Waals surface area contributed by atoms with E-state index in [1.807, 2.05) is 6.07 Å². The lowest BCUT2D eigenvalue weighted by Crippen LogP contribution is -2.71. The van der Waals surface area contributed by atoms with E-state index in [0.717, 1.165) is 4.90 Å². The summed E-state index contributed by atoms with van der Waals surface area (Å²) in [7, 11) is 0. The molecule has 2 aliphatic heterocycles. The number of amides is 2. The Balaban J connectivity index is 1.62. The Morgan fingerprint density at radius 2 is 2.00 bits per heavy atom. The van der Waals surface area contributed by atoms with Crippen LogP contribution in [0.4, 0.5) is 0 Å². The van der Waals surface area contributed by atoms with Crippen LogP contribution in [0.3, 0.4) is 0 Å². The first kappa shape index (κ1) is 19.7. The van der Waals surface area contributed by atoms with E-state index < -0.39 is 35.2 Å². The van der Waals surface area contributed by atoms with Crippen molar-refractivity contribution in [3.05, 3.63) is 41.6 Å². The van der Waals surface area contributed by atoms with Crippen LogP contribution in [0, 0.1) is 0 Å². The van der Waals surface area contributed by atoms with E-state index in [0.29, 0.717) is 11.3 Å². The van der Waals surface area contributed by atoms with Crippen molar-refractivity contribution in [1.82, 2.24) is 10.2 Å². The number of nitrogens with one attached hydrogen (secondary N) is 1. The van der Waals surface area contributed by atoms with Crippen molar-refractivity contribution in [2.24, 2.45) is 0 Å². The van der Waals surface area contributed by atoms with Gasteiger partial charge in [-0.25, -0.2) is 4.79 Å². The number of hydrogen-bond donors (Lipinski definition) is 2. The zero-order chi connectivity index (χ0) is 20.3. The number of β-lactam (4-membered cyclic amide) rings is 1. The van der Waals surface area contributed by atoms with Gasteiger partial charge in [0.2, 0.25) is 0 Å². The molecule has 2 aliphatic rings. The molecule has 3 rings (SSSR count). The van der Waals surface area contributed by atoms with Gasteiger partial charge in [0.25, 0.3) is 11.8 Å². The SMILES string of the molecule is CC(=O)OCC1=C(C(=O)O)N2C(=O)C(NC(=O)COc3ccccc3)[C@H]2SC1. The smallest absolute Gasteiger partial charge is 0.352 e. The lowest BCUT2D eigenvalue weighted by molar-refractivity contribution is -0.151. The highest BCUT2D eigenvalue weighted by Gasteiger charge is 2.54. The Bertz CT molecular complexity index is 840. The number of benzene rings is 1. The molecule has 10 heteroatoms. The highest BCUT2D eigenvalue weighted by atomic mass is 32.2. The number of carbonyl (C=O) groups excluding carboxylic acids is 3. The van der Waals surface area contributed by atoms with Crippen LogP contribution in [0.2, 0.25) is 0 Å². The quantitative estimate of drug-likeness (QED) is 0.492. The maximum Gasteiger partial charge on any atom is 0.352 e. The summed E-state index contributed by atoms with van der Waals surface area (Å²) < 4.78 is 10.2. The minimum absolute atomic E-state index is 0.192. The molecule has 0 radical (unpaired) electrons. The van der Waals surface area contributed by atoms with E-state index in [4.69, 9.17) is 9.47 Å². The van der Waals surface area contributed by atoms with Crippen molar-refractivity contribution < 1.29 is 33.8 Å². The van der Waals surface area contributed by atoms with E-state index in [-0.39, 0.29) is 24.7 Å². The van der Waals surface area contributed by atoms with Crippen molar-refractivity contribution >= 4 is 35.5 Å². The van der Waals surface area contributed by atoms with Crippen LogP contribution in [0.5, 0.6) is 5.75 Å². The number of thioether (sulfide) groups is 1. The molecule has 28 heavy (non-hydrogen) atoms. The van der Waals surface area contributed by atoms with Gasteiger partial charge >= 0.3 is 11.9 Å². The van der Waals surface area contributed by atoms with Crippen LogP contribution in [-0.4, -0.2) is 64.1 Å². The van der Waals surface area contributed by atoms with E-state index in [1.165, 1.54) is 18.7 Å². The molecular weight excluding hydrogens is 388 g/mol. The summed E-state index contributed by atoms with van der Waals surface area (Å²) in [4.78, 5) is 48.3. The summed E-state index contributed by atoms with van der Waals surface area (Å²) >= 11 is 1.30. The molecule has 0 bridgehead atoms. The summed E-state index contributed by atoms with van der Waals surface area (Å²) in [5, 5.41) is 11.5. The van der Waals surface area contributed by atoms with Crippen LogP contribution >= 0.6 is 11.8 Å². The Labute approximate surface area is 164 Å². The first-order valence-electron chi connectivity index (χ1n) is 8.39. The first-order valence-corrected chi connectivity index (χ1v) is 9.44. The van der Waals surface area contributed by atoms with E-state index in [2.05, 4.69) is 5.32 Å². The van der Waals surface area contributed by atoms with Crippen molar-refractivity contribution in [1.29, 1.82) is 0 Å². The average Bonchev–Trinajstić information content (AvgIpc) is 2.68. The number of esters is 1. The van der Waals surface area contributed by atoms with Crippen molar-refractivity contribution in [3.63, 3.8) is 0 Å². The summed E-state index contributed by atoms with van der Waals surface area (Å²) in [6.07, 6.45) is 0. The average molecular weight is 406 g/mol. The summed E-state index contributed by atoms with van der Waals surface area (Å²) in [6.45, 7) is 0.768. The lowest BCUT2D eigenvalue weighted by Gasteiger charge is -2.49. The Morgan fingerprint density at radius 3 is 2.64 bits per heavy atom. The molecule has 0 aliphatic carbocycles. The topological polar surface area (TPSA) is 122 Å². The molecule has 1 aromatic rings. The van der Waals surface area contributed by atoms with Gasteiger partial charge in [0.1, 0.15) is 29.5 Å². The second-order valence-electron chi connectivity index (χ2n) is 6.09. The maximum absolute atomic E-state index is 12.5. The molecule has 9 nitrogen and oxygen atoms in total. The number of ether oxygens (including phenoxy) is 2. The summed E-state index contributed by atoms with van der Waals surface area (Å²) in [6, 6.07) is 7.93. The number of hydrogen-bond acceptors (Lipinski definition) is 7. The summed E-state index contributed by atoms with van der Waals surface area (Å²) in [5.74, 6) is -2.02. The van der Waals surface area contributed by atoms with Gasteiger partial charge in [-0.05, 0) is 12.1 Å². The van der Waals surface area contributed by atoms with Gasteiger partial charge in [0.15, 0.2) is 6.61 Å². The number of carbonyl (C=O) groups is 4. The Kier molecular flexibility index (Phi) is 5.88. The third-order valence-electron chi connectivity index (χ3n) is 4.13. The van der Waals surface area contributed by atoms with Crippen LogP contribution in [0.25, 0.3) is 0 Å². The van der Waals surface area contributed by atoms with Crippen molar-refractivity contribution in [2.75, 3.05) is 19.0 Å². The lowest BCUT2D eigenvalue weighted by atomic mass is 10.0. The Morgan fingerprint density at radius 1 is 1.29 bits per heavy atom. The molecule has 2 N–H and O–H groups in total. The molecule has 2 amide bonds. The van der Waals surface area contributed by atoms with Crippen LogP contribution < -0.4 is 10.1 Å². The minimum Gasteiger partial charge on any atom is -0.484 e. The third-order valence-corrected chi connectivity index (χ3v) is 5.47. The second kappa shape index (κ2) is 8.34. The number of nitrogens with zero attached hydrogens (tertiary/aromatic N) is 1. The van der Waals surface area contributed by atoms with E-state index in [1.54, 1.807) is 24.3 Å². The van der Waals surface area contributed by atoms with Gasteiger partial charge in [0.05, 0.1) is 0 Å². The fraction of sp³-hybridized carbons (Fsp3) is 0.333. The molecule has 1 fully saturated rings. The number of aliphatic carboxylic acids is 1. The van der Waals surface area contributed by atoms with Gasteiger partial charge in [0, 0.05) is 18.2 Å². The molecular formula is C18H18N2O7S. The monoisotopic (exact) mass is 406 g/mol. The third kappa shape index (κ3) is 4.11. The number of rotatable bonds is 7. The maximum atomic E-state index is 12.5. The van der Waals surface area contributed by atoms with E-state index in [9.17, 15) is 24.3 Å². The van der Waals surface area contributed by atoms with Crippen molar-refractivity contribution in [3.8, 4) is 5.75 Å². The molecule has 148 valence electrons. The summed E-state index contributed by atoms with van der Waals surface area (Å²) in [5.41, 5.74) is 0.149. The van der Waals surface area contributed by atoms with Gasteiger partial charge < -0.3 is 19.9 Å². The highest BCUT2D eigenvalue weighted by Crippen LogP contribution is 2.40. The largest absolute Gasteiger partial charge is 0.484 e. The van der Waals surface area contributed by atoms with Crippen LogP contribution in [0.1, 0.15) is 6.92 Å². The van der Waals surface area contributed by atoms with Gasteiger partial charge in [-0.15, -0.1) is 11.8 Å². The standard InChI is InChI=1S/C18H18N2O7S/c1-10(21)26-7-11-9-28-17-14(16(23)20(17)15(11)18(24)25)19-13(22)8-27-12-5-3-2-4-6-12/h2-6,14,17H,7-9H2,1H3,(H,19,22)(H,24,25)/t14?,17-/m1/s1. The van der Waals surface area contributed by atoms with Crippen molar-refractivity contribution in [2.45, 2.75) is 18.3 Å². The minimum atomic E-state index is -1.28. The zero-order valence-electron chi connectivity index (χ0n) is 14.9. The number of carboxylic acid groups (broad SMARTS) is 1. The predicted molar refractivity (Wildman–Crippen MR) is 98.3 cm³/mol. The normalized spacial score (nSPS) is 20.8. The van der Waals surface area contributed by atoms with Gasteiger partial charge in [-0.3, -0.25) is 19.3 Å². The van der Waals surface area contributed by atoms with Gasteiger partial charge in [-0.2, -0.15) is 0 Å². The number of fused-ring (bicyclic) bond motifs is 1. The Hall–Kier alpha value is -3.01. The fourth-order valence-corrected chi connectivity index (χ4v) is 4.19. The molecule has 0 spiro atoms. The van der Waals surface area contributed by atoms with Gasteiger partial charge in [-0.1, -0.05) is 18.2 Å².